The molecule has 0 bridgehead atoms. The summed E-state index contributed by atoms with van der Waals surface area (Å²) in [6.45, 7) is 3.56. The number of halogens is 1. The molecule has 3 nitrogen and oxygen atoms in total. The molecule has 1 aliphatic heterocycles. The molecular formula is C13H13BrN2O. The van der Waals surface area contributed by atoms with E-state index in [4.69, 9.17) is 4.74 Å². The van der Waals surface area contributed by atoms with Gasteiger partial charge in [0, 0.05) is 22.4 Å². The highest BCUT2D eigenvalue weighted by atomic mass is 79.9. The van der Waals surface area contributed by atoms with Crippen LogP contribution >= 0.6 is 15.9 Å². The minimum absolute atomic E-state index is 0.411. The Bertz CT molecular complexity index is 565. The second-order valence-corrected chi connectivity index (χ2v) is 5.21. The lowest BCUT2D eigenvalue weighted by atomic mass is 10.00. The third-order valence-corrected chi connectivity index (χ3v) is 3.77. The fourth-order valence-corrected chi connectivity index (χ4v) is 2.77. The lowest BCUT2D eigenvalue weighted by Crippen LogP contribution is -2.05. The first-order valence-electron chi connectivity index (χ1n) is 5.76. The summed E-state index contributed by atoms with van der Waals surface area (Å²) in [7, 11) is 0. The molecule has 2 aromatic rings. The van der Waals surface area contributed by atoms with Gasteiger partial charge in [-0.05, 0) is 35.3 Å². The van der Waals surface area contributed by atoms with E-state index in [0.717, 1.165) is 46.5 Å². The fraction of sp³-hybridized carbons (Fsp3) is 0.385. The van der Waals surface area contributed by atoms with Gasteiger partial charge in [0.15, 0.2) is 0 Å². The zero-order valence-electron chi connectivity index (χ0n) is 9.61. The van der Waals surface area contributed by atoms with Crippen molar-refractivity contribution in [3.05, 3.63) is 34.2 Å². The van der Waals surface area contributed by atoms with Gasteiger partial charge in [-0.3, -0.25) is 0 Å². The molecule has 88 valence electrons. The summed E-state index contributed by atoms with van der Waals surface area (Å²) in [5, 5.41) is 1.14. The summed E-state index contributed by atoms with van der Waals surface area (Å²) < 4.78 is 6.49. The number of benzene rings is 1. The van der Waals surface area contributed by atoms with Gasteiger partial charge in [0.1, 0.15) is 5.82 Å². The summed E-state index contributed by atoms with van der Waals surface area (Å²) in [5.74, 6) is 1.24. The van der Waals surface area contributed by atoms with Crippen molar-refractivity contribution in [3.63, 3.8) is 0 Å². The topological polar surface area (TPSA) is 35.0 Å². The van der Waals surface area contributed by atoms with E-state index in [1.807, 2.05) is 19.1 Å². The lowest BCUT2D eigenvalue weighted by Gasteiger charge is -2.12. The van der Waals surface area contributed by atoms with Crippen LogP contribution in [-0.4, -0.2) is 23.2 Å². The number of rotatable bonds is 1. The summed E-state index contributed by atoms with van der Waals surface area (Å²) in [6, 6.07) is 6.14. The van der Waals surface area contributed by atoms with Crippen LogP contribution in [0.4, 0.5) is 0 Å². The summed E-state index contributed by atoms with van der Waals surface area (Å²) in [4.78, 5) is 9.12. The first kappa shape index (κ1) is 11.1. The van der Waals surface area contributed by atoms with Crippen LogP contribution < -0.4 is 0 Å². The average Bonchev–Trinajstić information content (AvgIpc) is 2.83. The molecule has 2 heterocycles. The maximum absolute atomic E-state index is 5.46. The second-order valence-electron chi connectivity index (χ2n) is 4.35. The molecule has 0 spiro atoms. The van der Waals surface area contributed by atoms with Crippen molar-refractivity contribution in [3.8, 4) is 0 Å². The standard InChI is InChI=1S/C13H13BrN2O/c1-8-15-12(9-5-6-17-7-9)10-3-2-4-11(14)13(10)16-8/h2-4,9H,5-7H2,1H3. The van der Waals surface area contributed by atoms with Gasteiger partial charge in [-0.15, -0.1) is 0 Å². The highest BCUT2D eigenvalue weighted by Gasteiger charge is 2.22. The summed E-state index contributed by atoms with van der Waals surface area (Å²) in [5.41, 5.74) is 2.13. The summed E-state index contributed by atoms with van der Waals surface area (Å²) in [6.07, 6.45) is 1.05. The zero-order chi connectivity index (χ0) is 11.8. The van der Waals surface area contributed by atoms with Crippen molar-refractivity contribution in [1.29, 1.82) is 0 Å². The molecule has 0 aliphatic carbocycles. The van der Waals surface area contributed by atoms with E-state index in [9.17, 15) is 0 Å². The highest BCUT2D eigenvalue weighted by molar-refractivity contribution is 9.10. The normalized spacial score (nSPS) is 20.0. The molecule has 1 fully saturated rings. The number of fused-ring (bicyclic) bond motifs is 1. The molecule has 0 N–H and O–H groups in total. The van der Waals surface area contributed by atoms with Crippen LogP contribution in [0.1, 0.15) is 23.9 Å². The molecule has 3 rings (SSSR count). The monoisotopic (exact) mass is 292 g/mol. The summed E-state index contributed by atoms with van der Waals surface area (Å²) >= 11 is 3.55. The Morgan fingerprint density at radius 2 is 2.24 bits per heavy atom. The molecule has 1 atom stereocenters. The SMILES string of the molecule is Cc1nc(C2CCOC2)c2cccc(Br)c2n1. The molecule has 1 unspecified atom stereocenters. The van der Waals surface area contributed by atoms with Crippen molar-refractivity contribution < 1.29 is 4.74 Å². The Hall–Kier alpha value is -1.00. The average molecular weight is 293 g/mol. The molecule has 1 aromatic heterocycles. The van der Waals surface area contributed by atoms with Crippen molar-refractivity contribution in [2.75, 3.05) is 13.2 Å². The zero-order valence-corrected chi connectivity index (χ0v) is 11.2. The van der Waals surface area contributed by atoms with Crippen LogP contribution in [0.2, 0.25) is 0 Å². The molecule has 17 heavy (non-hydrogen) atoms. The number of ether oxygens (including phenoxy) is 1. The lowest BCUT2D eigenvalue weighted by molar-refractivity contribution is 0.193. The quantitative estimate of drug-likeness (QED) is 0.810. The van der Waals surface area contributed by atoms with E-state index >= 15 is 0 Å². The Kier molecular flexibility index (Phi) is 2.84. The van der Waals surface area contributed by atoms with Gasteiger partial charge in [-0.1, -0.05) is 12.1 Å². The van der Waals surface area contributed by atoms with Gasteiger partial charge >= 0.3 is 0 Å². The van der Waals surface area contributed by atoms with Crippen LogP contribution in [-0.2, 0) is 4.74 Å². The first-order chi connectivity index (χ1) is 8.25. The molecule has 1 aromatic carbocycles. The predicted molar refractivity (Wildman–Crippen MR) is 70.2 cm³/mol. The first-order valence-corrected chi connectivity index (χ1v) is 6.55. The Labute approximate surface area is 108 Å². The molecule has 4 heteroatoms. The number of para-hydroxylation sites is 1. The smallest absolute Gasteiger partial charge is 0.126 e. The largest absolute Gasteiger partial charge is 0.381 e. The van der Waals surface area contributed by atoms with Crippen LogP contribution in [0.15, 0.2) is 22.7 Å². The minimum atomic E-state index is 0.411. The van der Waals surface area contributed by atoms with Crippen molar-refractivity contribution in [2.24, 2.45) is 0 Å². The molecule has 1 saturated heterocycles. The van der Waals surface area contributed by atoms with Gasteiger partial charge in [0.2, 0.25) is 0 Å². The minimum Gasteiger partial charge on any atom is -0.381 e. The number of hydrogen-bond acceptors (Lipinski definition) is 3. The van der Waals surface area contributed by atoms with Crippen LogP contribution in [0, 0.1) is 6.92 Å². The van der Waals surface area contributed by atoms with E-state index in [1.165, 1.54) is 0 Å². The predicted octanol–water partition coefficient (Wildman–Crippen LogP) is 3.20. The van der Waals surface area contributed by atoms with Crippen LogP contribution in [0.5, 0.6) is 0 Å². The van der Waals surface area contributed by atoms with E-state index < -0.39 is 0 Å². The number of aromatic nitrogens is 2. The number of aryl methyl sites for hydroxylation is 1. The van der Waals surface area contributed by atoms with Crippen molar-refractivity contribution >= 4 is 26.8 Å². The number of nitrogens with zero attached hydrogens (tertiary/aromatic N) is 2. The van der Waals surface area contributed by atoms with E-state index in [2.05, 4.69) is 32.0 Å². The second kappa shape index (κ2) is 4.35. The van der Waals surface area contributed by atoms with E-state index in [1.54, 1.807) is 0 Å². The molecule has 0 saturated carbocycles. The molecule has 0 radical (unpaired) electrons. The van der Waals surface area contributed by atoms with E-state index in [0.29, 0.717) is 5.92 Å². The Balaban J connectivity index is 2.25. The van der Waals surface area contributed by atoms with Gasteiger partial charge in [0.25, 0.3) is 0 Å². The third-order valence-electron chi connectivity index (χ3n) is 3.13. The maximum Gasteiger partial charge on any atom is 0.126 e. The van der Waals surface area contributed by atoms with Gasteiger partial charge < -0.3 is 4.74 Å². The Morgan fingerprint density at radius 3 is 3.00 bits per heavy atom. The molecule has 1 aliphatic rings. The van der Waals surface area contributed by atoms with Gasteiger partial charge in [-0.2, -0.15) is 0 Å². The van der Waals surface area contributed by atoms with E-state index in [-0.39, 0.29) is 0 Å². The highest BCUT2D eigenvalue weighted by Crippen LogP contribution is 2.31. The third kappa shape index (κ3) is 1.96. The van der Waals surface area contributed by atoms with Crippen LogP contribution in [0.25, 0.3) is 10.9 Å². The number of hydrogen-bond donors (Lipinski definition) is 0. The fourth-order valence-electron chi connectivity index (χ4n) is 2.32. The maximum atomic E-state index is 5.46. The Morgan fingerprint density at radius 1 is 1.35 bits per heavy atom. The van der Waals surface area contributed by atoms with Gasteiger partial charge in [-0.25, -0.2) is 9.97 Å². The van der Waals surface area contributed by atoms with Crippen LogP contribution in [0.3, 0.4) is 0 Å². The molecular weight excluding hydrogens is 280 g/mol. The molecule has 0 amide bonds. The van der Waals surface area contributed by atoms with Gasteiger partial charge in [0.05, 0.1) is 17.8 Å². The van der Waals surface area contributed by atoms with Crippen molar-refractivity contribution in [2.45, 2.75) is 19.3 Å². The van der Waals surface area contributed by atoms with Crippen molar-refractivity contribution in [1.82, 2.24) is 9.97 Å².